The first kappa shape index (κ1) is 12.1. The lowest BCUT2D eigenvalue weighted by Gasteiger charge is -2.11. The fourth-order valence-corrected chi connectivity index (χ4v) is 2.75. The molecule has 0 fully saturated rings. The molecule has 1 N–H and O–H groups in total. The maximum atomic E-state index is 9.94. The maximum absolute atomic E-state index is 9.94. The minimum Gasteiger partial charge on any atom is -0.493 e. The molecule has 104 valence electrons. The SMILES string of the molecule is Oc1nc(OC2Cc3ccccc3C2)nc2cnccc12. The zero-order chi connectivity index (χ0) is 14.2. The molecule has 1 aliphatic rings. The summed E-state index contributed by atoms with van der Waals surface area (Å²) in [5.74, 6) is -0.0760. The monoisotopic (exact) mass is 279 g/mol. The number of nitrogens with zero attached hydrogens (tertiary/aromatic N) is 3. The van der Waals surface area contributed by atoms with Gasteiger partial charge in [0.15, 0.2) is 0 Å². The molecule has 0 amide bonds. The van der Waals surface area contributed by atoms with Crippen molar-refractivity contribution in [3.8, 4) is 11.9 Å². The Kier molecular flexibility index (Phi) is 2.70. The second-order valence-electron chi connectivity index (χ2n) is 5.14. The zero-order valence-corrected chi connectivity index (χ0v) is 11.2. The third-order valence-corrected chi connectivity index (χ3v) is 3.74. The molecular formula is C16H13N3O2. The van der Waals surface area contributed by atoms with E-state index in [0.29, 0.717) is 10.9 Å². The molecule has 1 aliphatic carbocycles. The molecule has 0 bridgehead atoms. The molecule has 0 atom stereocenters. The predicted octanol–water partition coefficient (Wildman–Crippen LogP) is 2.28. The quantitative estimate of drug-likeness (QED) is 0.779. The second-order valence-corrected chi connectivity index (χ2v) is 5.14. The van der Waals surface area contributed by atoms with Crippen LogP contribution in [0.15, 0.2) is 42.7 Å². The molecule has 1 aromatic carbocycles. The Labute approximate surface area is 121 Å². The molecule has 0 spiro atoms. The third-order valence-electron chi connectivity index (χ3n) is 3.74. The molecule has 0 unspecified atom stereocenters. The summed E-state index contributed by atoms with van der Waals surface area (Å²) < 4.78 is 5.84. The Morgan fingerprint density at radius 2 is 1.81 bits per heavy atom. The number of fused-ring (bicyclic) bond motifs is 2. The van der Waals surface area contributed by atoms with Gasteiger partial charge in [-0.25, -0.2) is 0 Å². The minimum atomic E-state index is -0.0760. The Hall–Kier alpha value is -2.69. The number of hydrogen-bond donors (Lipinski definition) is 1. The van der Waals surface area contributed by atoms with Crippen molar-refractivity contribution in [2.24, 2.45) is 0 Å². The molecular weight excluding hydrogens is 266 g/mol. The number of hydrogen-bond acceptors (Lipinski definition) is 5. The van der Waals surface area contributed by atoms with E-state index in [2.05, 4.69) is 27.1 Å². The van der Waals surface area contributed by atoms with Crippen LogP contribution >= 0.6 is 0 Å². The maximum Gasteiger partial charge on any atom is 0.320 e. The van der Waals surface area contributed by atoms with Crippen LogP contribution in [-0.4, -0.2) is 26.2 Å². The Bertz CT molecular complexity index is 794. The number of aromatic nitrogens is 3. The first-order chi connectivity index (χ1) is 10.3. The molecule has 3 aromatic rings. The lowest BCUT2D eigenvalue weighted by atomic mass is 10.1. The van der Waals surface area contributed by atoms with E-state index < -0.39 is 0 Å². The van der Waals surface area contributed by atoms with Crippen molar-refractivity contribution in [1.82, 2.24) is 15.0 Å². The van der Waals surface area contributed by atoms with Crippen molar-refractivity contribution in [2.45, 2.75) is 18.9 Å². The topological polar surface area (TPSA) is 68.1 Å². The predicted molar refractivity (Wildman–Crippen MR) is 77.3 cm³/mol. The Morgan fingerprint density at radius 1 is 1.05 bits per heavy atom. The number of aromatic hydroxyl groups is 1. The molecule has 0 saturated heterocycles. The van der Waals surface area contributed by atoms with Gasteiger partial charge in [-0.3, -0.25) is 4.98 Å². The Balaban J connectivity index is 1.61. The van der Waals surface area contributed by atoms with E-state index in [0.717, 1.165) is 12.8 Å². The summed E-state index contributed by atoms with van der Waals surface area (Å²) in [7, 11) is 0. The van der Waals surface area contributed by atoms with Gasteiger partial charge in [-0.1, -0.05) is 24.3 Å². The van der Waals surface area contributed by atoms with Crippen molar-refractivity contribution < 1.29 is 9.84 Å². The summed E-state index contributed by atoms with van der Waals surface area (Å²) in [5, 5.41) is 10.5. The fraction of sp³-hybridized carbons (Fsp3) is 0.188. The summed E-state index contributed by atoms with van der Waals surface area (Å²) in [5.41, 5.74) is 3.18. The van der Waals surface area contributed by atoms with Crippen LogP contribution < -0.4 is 4.74 Å². The van der Waals surface area contributed by atoms with Gasteiger partial charge in [-0.2, -0.15) is 9.97 Å². The van der Waals surface area contributed by atoms with Crippen molar-refractivity contribution in [2.75, 3.05) is 0 Å². The zero-order valence-electron chi connectivity index (χ0n) is 11.2. The molecule has 2 aromatic heterocycles. The summed E-state index contributed by atoms with van der Waals surface area (Å²) in [6.07, 6.45) is 4.87. The number of rotatable bonds is 2. The van der Waals surface area contributed by atoms with Crippen LogP contribution in [-0.2, 0) is 12.8 Å². The molecule has 0 aliphatic heterocycles. The van der Waals surface area contributed by atoms with Gasteiger partial charge in [-0.15, -0.1) is 0 Å². The van der Waals surface area contributed by atoms with Crippen LogP contribution in [0.4, 0.5) is 0 Å². The van der Waals surface area contributed by atoms with Crippen LogP contribution in [0.5, 0.6) is 11.9 Å². The molecule has 2 heterocycles. The van der Waals surface area contributed by atoms with Gasteiger partial charge in [0, 0.05) is 19.0 Å². The highest BCUT2D eigenvalue weighted by atomic mass is 16.5. The van der Waals surface area contributed by atoms with Crippen molar-refractivity contribution in [3.05, 3.63) is 53.9 Å². The second kappa shape index (κ2) is 4.70. The van der Waals surface area contributed by atoms with E-state index in [4.69, 9.17) is 4.74 Å². The first-order valence-electron chi connectivity index (χ1n) is 6.84. The van der Waals surface area contributed by atoms with E-state index in [9.17, 15) is 5.11 Å². The van der Waals surface area contributed by atoms with Gasteiger partial charge < -0.3 is 9.84 Å². The molecule has 5 heteroatoms. The summed E-state index contributed by atoms with van der Waals surface area (Å²) in [4.78, 5) is 12.3. The van der Waals surface area contributed by atoms with Gasteiger partial charge in [0.2, 0.25) is 5.88 Å². The highest BCUT2D eigenvalue weighted by Gasteiger charge is 2.23. The van der Waals surface area contributed by atoms with Crippen LogP contribution in [0.3, 0.4) is 0 Å². The van der Waals surface area contributed by atoms with E-state index in [-0.39, 0.29) is 18.0 Å². The fourth-order valence-electron chi connectivity index (χ4n) is 2.75. The summed E-state index contributed by atoms with van der Waals surface area (Å²) >= 11 is 0. The Morgan fingerprint density at radius 3 is 2.57 bits per heavy atom. The highest BCUT2D eigenvalue weighted by molar-refractivity contribution is 5.82. The van der Waals surface area contributed by atoms with Crippen LogP contribution in [0.2, 0.25) is 0 Å². The first-order valence-corrected chi connectivity index (χ1v) is 6.84. The highest BCUT2D eigenvalue weighted by Crippen LogP contribution is 2.27. The summed E-state index contributed by atoms with van der Waals surface area (Å²) in [6.45, 7) is 0. The van der Waals surface area contributed by atoms with Gasteiger partial charge >= 0.3 is 6.01 Å². The number of benzene rings is 1. The number of pyridine rings is 1. The molecule has 4 rings (SSSR count). The summed E-state index contributed by atoms with van der Waals surface area (Å²) in [6, 6.07) is 10.2. The molecule has 5 nitrogen and oxygen atoms in total. The minimum absolute atomic E-state index is 0.0101. The van der Waals surface area contributed by atoms with Crippen LogP contribution in [0.1, 0.15) is 11.1 Å². The smallest absolute Gasteiger partial charge is 0.320 e. The average Bonchev–Trinajstić information content (AvgIpc) is 2.89. The van der Waals surface area contributed by atoms with Crippen molar-refractivity contribution >= 4 is 10.9 Å². The lowest BCUT2D eigenvalue weighted by Crippen LogP contribution is -2.17. The van der Waals surface area contributed by atoms with E-state index >= 15 is 0 Å². The van der Waals surface area contributed by atoms with Gasteiger partial charge in [-0.05, 0) is 17.2 Å². The van der Waals surface area contributed by atoms with Crippen LogP contribution in [0.25, 0.3) is 10.9 Å². The molecule has 0 saturated carbocycles. The standard InChI is InChI=1S/C16H13N3O2/c20-15-13-5-6-17-9-14(13)18-16(19-15)21-12-7-10-3-1-2-4-11(10)8-12/h1-6,9,12H,7-8H2,(H,18,19,20). The van der Waals surface area contributed by atoms with Gasteiger partial charge in [0.1, 0.15) is 6.10 Å². The molecule has 21 heavy (non-hydrogen) atoms. The van der Waals surface area contributed by atoms with Gasteiger partial charge in [0.25, 0.3) is 0 Å². The van der Waals surface area contributed by atoms with Crippen LogP contribution in [0, 0.1) is 0 Å². The van der Waals surface area contributed by atoms with E-state index in [1.165, 1.54) is 11.1 Å². The normalized spacial score (nSPS) is 14.3. The van der Waals surface area contributed by atoms with Gasteiger partial charge in [0.05, 0.1) is 17.1 Å². The van der Waals surface area contributed by atoms with E-state index in [1.54, 1.807) is 18.5 Å². The van der Waals surface area contributed by atoms with E-state index in [1.807, 2.05) is 12.1 Å². The third kappa shape index (κ3) is 2.16. The van der Waals surface area contributed by atoms with Crippen molar-refractivity contribution in [3.63, 3.8) is 0 Å². The lowest BCUT2D eigenvalue weighted by molar-refractivity contribution is 0.194. The largest absolute Gasteiger partial charge is 0.493 e. The number of ether oxygens (including phenoxy) is 1. The van der Waals surface area contributed by atoms with Crippen molar-refractivity contribution in [1.29, 1.82) is 0 Å². The average molecular weight is 279 g/mol. The molecule has 0 radical (unpaired) electrons.